The molecule has 6 heteroatoms. The predicted molar refractivity (Wildman–Crippen MR) is 112 cm³/mol. The third kappa shape index (κ3) is 4.64. The van der Waals surface area contributed by atoms with Crippen LogP contribution in [0.3, 0.4) is 0 Å². The van der Waals surface area contributed by atoms with E-state index in [1.165, 1.54) is 11.6 Å². The maximum Gasteiger partial charge on any atom is 0.331 e. The summed E-state index contributed by atoms with van der Waals surface area (Å²) >= 11 is 0. The van der Waals surface area contributed by atoms with Crippen LogP contribution in [0.15, 0.2) is 48.5 Å². The number of ether oxygens (including phenoxy) is 3. The molecule has 0 saturated carbocycles. The van der Waals surface area contributed by atoms with E-state index in [1.807, 2.05) is 24.3 Å². The zero-order valence-corrected chi connectivity index (χ0v) is 16.9. The smallest absolute Gasteiger partial charge is 0.331 e. The first-order chi connectivity index (χ1) is 14.6. The summed E-state index contributed by atoms with van der Waals surface area (Å²) in [5.74, 6) is 0.474. The standard InChI is InChI=1S/C24H25NO5/c1-16(24(27)25-20-8-4-6-18-5-2-3-7-19(18)20)30-23(26)12-10-17-9-11-21-22(15-17)29-14-13-28-21/h2-3,5,7,9-12,15-16,20H,4,6,8,13-14H2,1H3,(H,25,27)/b12-10+/t16-,20+/m1/s1. The first kappa shape index (κ1) is 20.0. The van der Waals surface area contributed by atoms with Crippen molar-refractivity contribution < 1.29 is 23.8 Å². The van der Waals surface area contributed by atoms with Gasteiger partial charge in [-0.2, -0.15) is 0 Å². The molecule has 1 amide bonds. The second-order valence-electron chi connectivity index (χ2n) is 7.47. The fraction of sp³-hybridized carbons (Fsp3) is 0.333. The van der Waals surface area contributed by atoms with E-state index in [4.69, 9.17) is 14.2 Å². The lowest BCUT2D eigenvalue weighted by atomic mass is 9.87. The first-order valence-corrected chi connectivity index (χ1v) is 10.3. The van der Waals surface area contributed by atoms with E-state index in [0.29, 0.717) is 24.7 Å². The number of amides is 1. The quantitative estimate of drug-likeness (QED) is 0.606. The van der Waals surface area contributed by atoms with Crippen LogP contribution < -0.4 is 14.8 Å². The number of rotatable bonds is 5. The summed E-state index contributed by atoms with van der Waals surface area (Å²) in [6.45, 7) is 2.61. The summed E-state index contributed by atoms with van der Waals surface area (Å²) < 4.78 is 16.3. The van der Waals surface area contributed by atoms with Crippen LogP contribution in [0.5, 0.6) is 11.5 Å². The van der Waals surface area contributed by atoms with Gasteiger partial charge in [-0.25, -0.2) is 4.79 Å². The van der Waals surface area contributed by atoms with Crippen LogP contribution in [0.2, 0.25) is 0 Å². The Balaban J connectivity index is 1.32. The van der Waals surface area contributed by atoms with Crippen LogP contribution in [0.1, 0.15) is 42.5 Å². The minimum absolute atomic E-state index is 0.0446. The van der Waals surface area contributed by atoms with Gasteiger partial charge in [0.05, 0.1) is 6.04 Å². The maximum atomic E-state index is 12.5. The van der Waals surface area contributed by atoms with Gasteiger partial charge in [0.25, 0.3) is 5.91 Å². The number of fused-ring (bicyclic) bond motifs is 2. The number of esters is 1. The van der Waals surface area contributed by atoms with Crippen LogP contribution in [0, 0.1) is 0 Å². The zero-order chi connectivity index (χ0) is 20.9. The van der Waals surface area contributed by atoms with Gasteiger partial charge in [0.15, 0.2) is 17.6 Å². The number of carbonyl (C=O) groups is 2. The zero-order valence-electron chi connectivity index (χ0n) is 16.9. The van der Waals surface area contributed by atoms with Crippen LogP contribution in [-0.2, 0) is 20.7 Å². The van der Waals surface area contributed by atoms with Crippen molar-refractivity contribution in [1.82, 2.24) is 5.32 Å². The fourth-order valence-electron chi connectivity index (χ4n) is 3.79. The summed E-state index contributed by atoms with van der Waals surface area (Å²) in [6, 6.07) is 13.5. The average molecular weight is 407 g/mol. The second kappa shape index (κ2) is 9.03. The Bertz CT molecular complexity index is 968. The third-order valence-electron chi connectivity index (χ3n) is 5.33. The van der Waals surface area contributed by atoms with Crippen molar-refractivity contribution in [1.29, 1.82) is 0 Å². The van der Waals surface area contributed by atoms with Crippen LogP contribution in [0.25, 0.3) is 6.08 Å². The molecule has 30 heavy (non-hydrogen) atoms. The predicted octanol–water partition coefficient (Wildman–Crippen LogP) is 3.60. The van der Waals surface area contributed by atoms with Gasteiger partial charge < -0.3 is 19.5 Å². The van der Waals surface area contributed by atoms with Gasteiger partial charge in [0.1, 0.15) is 13.2 Å². The molecular weight excluding hydrogens is 382 g/mol. The molecule has 0 saturated heterocycles. The van der Waals surface area contributed by atoms with E-state index in [-0.39, 0.29) is 11.9 Å². The van der Waals surface area contributed by atoms with Crippen LogP contribution in [-0.4, -0.2) is 31.2 Å². The highest BCUT2D eigenvalue weighted by molar-refractivity contribution is 5.90. The van der Waals surface area contributed by atoms with Crippen molar-refractivity contribution >= 4 is 18.0 Å². The monoisotopic (exact) mass is 407 g/mol. The minimum Gasteiger partial charge on any atom is -0.486 e. The van der Waals surface area contributed by atoms with Crippen LogP contribution in [0.4, 0.5) is 0 Å². The molecule has 0 radical (unpaired) electrons. The van der Waals surface area contributed by atoms with E-state index in [2.05, 4.69) is 11.4 Å². The highest BCUT2D eigenvalue weighted by atomic mass is 16.6. The Morgan fingerprint density at radius 2 is 1.93 bits per heavy atom. The highest BCUT2D eigenvalue weighted by Gasteiger charge is 2.25. The van der Waals surface area contributed by atoms with Gasteiger partial charge in [-0.15, -0.1) is 0 Å². The van der Waals surface area contributed by atoms with Gasteiger partial charge in [-0.1, -0.05) is 30.3 Å². The molecule has 0 spiro atoms. The van der Waals surface area contributed by atoms with Crippen LogP contribution >= 0.6 is 0 Å². The maximum absolute atomic E-state index is 12.5. The molecule has 4 rings (SSSR count). The molecule has 2 aromatic rings. The lowest BCUT2D eigenvalue weighted by molar-refractivity contribution is -0.150. The first-order valence-electron chi connectivity index (χ1n) is 10.3. The van der Waals surface area contributed by atoms with Crippen molar-refractivity contribution in [2.75, 3.05) is 13.2 Å². The molecule has 156 valence electrons. The summed E-state index contributed by atoms with van der Waals surface area (Å²) in [7, 11) is 0. The Labute approximate surface area is 175 Å². The van der Waals surface area contributed by atoms with Gasteiger partial charge in [0.2, 0.25) is 0 Å². The normalized spacial score (nSPS) is 18.4. The SMILES string of the molecule is C[C@@H](OC(=O)/C=C/c1ccc2c(c1)OCCO2)C(=O)N[C@H]1CCCc2ccccc21. The molecule has 2 aromatic carbocycles. The van der Waals surface area contributed by atoms with Gasteiger partial charge in [-0.3, -0.25) is 4.79 Å². The molecule has 2 aliphatic rings. The molecule has 1 aliphatic heterocycles. The Morgan fingerprint density at radius 3 is 2.80 bits per heavy atom. The van der Waals surface area contributed by atoms with Gasteiger partial charge >= 0.3 is 5.97 Å². The summed E-state index contributed by atoms with van der Waals surface area (Å²) in [5.41, 5.74) is 3.20. The van der Waals surface area contributed by atoms with E-state index < -0.39 is 12.1 Å². The summed E-state index contributed by atoms with van der Waals surface area (Å²) in [5, 5.41) is 3.02. The van der Waals surface area contributed by atoms with Gasteiger partial charge in [0, 0.05) is 6.08 Å². The molecular formula is C24H25NO5. The van der Waals surface area contributed by atoms with Crippen molar-refractivity contribution in [2.24, 2.45) is 0 Å². The van der Waals surface area contributed by atoms with E-state index in [9.17, 15) is 9.59 Å². The highest BCUT2D eigenvalue weighted by Crippen LogP contribution is 2.31. The number of hydrogen-bond acceptors (Lipinski definition) is 5. The lowest BCUT2D eigenvalue weighted by Gasteiger charge is -2.27. The van der Waals surface area contributed by atoms with Crippen molar-refractivity contribution in [3.8, 4) is 11.5 Å². The molecule has 1 heterocycles. The Kier molecular flexibility index (Phi) is 6.02. The molecule has 2 atom stereocenters. The molecule has 6 nitrogen and oxygen atoms in total. The average Bonchev–Trinajstić information content (AvgIpc) is 2.77. The molecule has 1 aliphatic carbocycles. The van der Waals surface area contributed by atoms with E-state index in [1.54, 1.807) is 25.1 Å². The number of aryl methyl sites for hydroxylation is 1. The number of hydrogen-bond donors (Lipinski definition) is 1. The van der Waals surface area contributed by atoms with Gasteiger partial charge in [-0.05, 0) is 61.1 Å². The fourth-order valence-corrected chi connectivity index (χ4v) is 3.79. The second-order valence-corrected chi connectivity index (χ2v) is 7.47. The molecule has 0 fully saturated rings. The largest absolute Gasteiger partial charge is 0.486 e. The number of nitrogens with one attached hydrogen (secondary N) is 1. The molecule has 1 N–H and O–H groups in total. The minimum atomic E-state index is -0.878. The molecule has 0 unspecified atom stereocenters. The Hall–Kier alpha value is -3.28. The number of benzene rings is 2. The van der Waals surface area contributed by atoms with Crippen molar-refractivity contribution in [3.05, 3.63) is 65.2 Å². The van der Waals surface area contributed by atoms with E-state index in [0.717, 1.165) is 30.4 Å². The number of carbonyl (C=O) groups excluding carboxylic acids is 2. The topological polar surface area (TPSA) is 73.9 Å². The molecule has 0 bridgehead atoms. The van der Waals surface area contributed by atoms with Crippen molar-refractivity contribution in [3.63, 3.8) is 0 Å². The molecule has 0 aromatic heterocycles. The third-order valence-corrected chi connectivity index (χ3v) is 5.33. The van der Waals surface area contributed by atoms with Crippen molar-refractivity contribution in [2.45, 2.75) is 38.3 Å². The summed E-state index contributed by atoms with van der Waals surface area (Å²) in [6.07, 6.45) is 4.99. The van der Waals surface area contributed by atoms with E-state index >= 15 is 0 Å². The Morgan fingerprint density at radius 1 is 1.13 bits per heavy atom. The summed E-state index contributed by atoms with van der Waals surface area (Å²) in [4.78, 5) is 24.7. The lowest BCUT2D eigenvalue weighted by Crippen LogP contribution is -2.39.